The van der Waals surface area contributed by atoms with E-state index in [1.165, 1.54) is 27.4 Å². The molecule has 1 radical (unpaired) electrons. The summed E-state index contributed by atoms with van der Waals surface area (Å²) >= 11 is 0. The smallest absolute Gasteiger partial charge is 0.0799 e. The SMILES string of the molecule is CC(C)(c1ccccc1)c1cc[c-]c(-c2ccccn2)c1.Cc1c[c-]c(-c2cc(C(C)C)c([Si](C)(C)C)cn2)cc1.[Ir]. The topological polar surface area (TPSA) is 25.8 Å². The van der Waals surface area contributed by atoms with Crippen molar-refractivity contribution in [3.8, 4) is 22.5 Å². The first-order valence-electron chi connectivity index (χ1n) is 14.4. The number of aryl methyl sites for hydroxylation is 1. The maximum absolute atomic E-state index is 4.69. The summed E-state index contributed by atoms with van der Waals surface area (Å²) in [5.74, 6) is 0.531. The molecule has 0 aliphatic rings. The summed E-state index contributed by atoms with van der Waals surface area (Å²) in [6.45, 7) is 18.3. The van der Waals surface area contributed by atoms with Gasteiger partial charge in [-0.2, -0.15) is 0 Å². The van der Waals surface area contributed by atoms with Crippen LogP contribution in [0, 0.1) is 19.1 Å². The molecule has 5 aromatic rings. The van der Waals surface area contributed by atoms with Gasteiger partial charge in [0.1, 0.15) is 0 Å². The molecule has 0 aliphatic heterocycles. The van der Waals surface area contributed by atoms with Gasteiger partial charge in [-0.05, 0) is 39.5 Å². The zero-order chi connectivity index (χ0) is 29.6. The third kappa shape index (κ3) is 8.22. The van der Waals surface area contributed by atoms with Gasteiger partial charge in [0.2, 0.25) is 0 Å². The number of hydrogen-bond acceptors (Lipinski definition) is 2. The fourth-order valence-electron chi connectivity index (χ4n) is 4.93. The Morgan fingerprint density at radius 2 is 1.45 bits per heavy atom. The Kier molecular flexibility index (Phi) is 11.4. The summed E-state index contributed by atoms with van der Waals surface area (Å²) < 4.78 is 0. The standard InChI is InChI=1S/C20H18N.C18H24NSi.Ir/c1-20(2,17-10-4-3-5-11-17)18-12-8-9-16(15-18)19-13-6-7-14-21-19;1-13(2)16-11-17(15-9-7-14(3)8-10-15)19-12-18(16)20(4,5)6;/h3-8,10-15H,1-2H3;7-9,11-13H,1-6H3;/q2*-1;. The molecule has 0 amide bonds. The van der Waals surface area contributed by atoms with Crippen molar-refractivity contribution in [3.63, 3.8) is 0 Å². The number of benzene rings is 3. The maximum atomic E-state index is 4.69. The molecular formula is C38H42IrN2Si-2. The Balaban J connectivity index is 0.000000225. The van der Waals surface area contributed by atoms with Crippen LogP contribution in [0.4, 0.5) is 0 Å². The Labute approximate surface area is 268 Å². The Morgan fingerprint density at radius 1 is 0.738 bits per heavy atom. The average Bonchev–Trinajstić information content (AvgIpc) is 2.98. The second-order valence-electron chi connectivity index (χ2n) is 12.5. The Bertz CT molecular complexity index is 1560. The van der Waals surface area contributed by atoms with E-state index >= 15 is 0 Å². The van der Waals surface area contributed by atoms with E-state index in [0.717, 1.165) is 22.5 Å². The molecule has 0 aliphatic carbocycles. The molecule has 5 rings (SSSR count). The van der Waals surface area contributed by atoms with Gasteiger partial charge in [0.15, 0.2) is 0 Å². The van der Waals surface area contributed by atoms with Crippen LogP contribution in [0.15, 0.2) is 103 Å². The van der Waals surface area contributed by atoms with Gasteiger partial charge in [-0.1, -0.05) is 108 Å². The molecule has 2 heterocycles. The van der Waals surface area contributed by atoms with E-state index in [-0.39, 0.29) is 25.5 Å². The molecule has 42 heavy (non-hydrogen) atoms. The van der Waals surface area contributed by atoms with Crippen LogP contribution in [0.25, 0.3) is 22.5 Å². The molecule has 2 aromatic heterocycles. The van der Waals surface area contributed by atoms with Crippen LogP contribution in [-0.4, -0.2) is 18.0 Å². The molecular weight excluding hydrogens is 705 g/mol. The predicted octanol–water partition coefficient (Wildman–Crippen LogP) is 9.40. The van der Waals surface area contributed by atoms with Crippen molar-refractivity contribution in [2.75, 3.05) is 0 Å². The Hall–Kier alpha value is -3.17. The molecule has 0 bridgehead atoms. The van der Waals surface area contributed by atoms with Crippen molar-refractivity contribution in [3.05, 3.63) is 138 Å². The molecule has 4 heteroatoms. The zero-order valence-electron chi connectivity index (χ0n) is 26.1. The van der Waals surface area contributed by atoms with Gasteiger partial charge in [-0.3, -0.25) is 0 Å². The summed E-state index contributed by atoms with van der Waals surface area (Å²) in [4.78, 5) is 9.11. The van der Waals surface area contributed by atoms with Crippen LogP contribution in [0.5, 0.6) is 0 Å². The van der Waals surface area contributed by atoms with Crippen LogP contribution in [0.1, 0.15) is 55.9 Å². The number of nitrogens with zero attached hydrogens (tertiary/aromatic N) is 2. The van der Waals surface area contributed by atoms with Crippen molar-refractivity contribution < 1.29 is 20.1 Å². The van der Waals surface area contributed by atoms with Crippen LogP contribution in [0.3, 0.4) is 0 Å². The monoisotopic (exact) mass is 747 g/mol. The molecule has 0 fully saturated rings. The maximum Gasteiger partial charge on any atom is 0.0799 e. The van der Waals surface area contributed by atoms with Gasteiger partial charge in [0, 0.05) is 32.5 Å². The summed E-state index contributed by atoms with van der Waals surface area (Å²) in [5, 5.41) is 1.48. The second kappa shape index (κ2) is 14.3. The summed E-state index contributed by atoms with van der Waals surface area (Å²) in [5.41, 5.74) is 9.34. The van der Waals surface area contributed by atoms with E-state index in [1.54, 1.807) is 0 Å². The minimum atomic E-state index is -1.35. The molecule has 0 atom stereocenters. The fourth-order valence-corrected chi connectivity index (χ4v) is 6.61. The van der Waals surface area contributed by atoms with Crippen LogP contribution >= 0.6 is 0 Å². The van der Waals surface area contributed by atoms with Crippen molar-refractivity contribution >= 4 is 13.3 Å². The molecule has 0 spiro atoms. The van der Waals surface area contributed by atoms with Gasteiger partial charge < -0.3 is 9.97 Å². The van der Waals surface area contributed by atoms with E-state index in [0.29, 0.717) is 5.92 Å². The Morgan fingerprint density at radius 3 is 2.05 bits per heavy atom. The number of hydrogen-bond donors (Lipinski definition) is 0. The van der Waals surface area contributed by atoms with Crippen LogP contribution in [-0.2, 0) is 25.5 Å². The molecule has 2 nitrogen and oxygen atoms in total. The van der Waals surface area contributed by atoms with Crippen LogP contribution < -0.4 is 5.19 Å². The summed E-state index contributed by atoms with van der Waals surface area (Å²) in [7, 11) is -1.35. The summed E-state index contributed by atoms with van der Waals surface area (Å²) in [6.07, 6.45) is 3.92. The third-order valence-corrected chi connectivity index (χ3v) is 9.60. The minimum absolute atomic E-state index is 0. The zero-order valence-corrected chi connectivity index (χ0v) is 29.5. The third-order valence-electron chi connectivity index (χ3n) is 7.57. The quantitative estimate of drug-likeness (QED) is 0.128. The van der Waals surface area contributed by atoms with E-state index in [2.05, 4.69) is 138 Å². The molecule has 0 saturated heterocycles. The molecule has 0 unspecified atom stereocenters. The first-order chi connectivity index (χ1) is 19.5. The molecule has 219 valence electrons. The van der Waals surface area contributed by atoms with Crippen molar-refractivity contribution in [2.45, 2.75) is 65.6 Å². The fraction of sp³-hybridized carbons (Fsp3) is 0.263. The minimum Gasteiger partial charge on any atom is -0.305 e. The van der Waals surface area contributed by atoms with Gasteiger partial charge in [0.05, 0.1) is 8.07 Å². The number of rotatable bonds is 6. The number of pyridine rings is 2. The first-order valence-corrected chi connectivity index (χ1v) is 17.9. The van der Waals surface area contributed by atoms with E-state index in [9.17, 15) is 0 Å². The average molecular weight is 747 g/mol. The van der Waals surface area contributed by atoms with Gasteiger partial charge in [-0.15, -0.1) is 70.8 Å². The van der Waals surface area contributed by atoms with Crippen molar-refractivity contribution in [1.82, 2.24) is 9.97 Å². The molecule has 3 aromatic carbocycles. The van der Waals surface area contributed by atoms with Crippen LogP contribution in [0.2, 0.25) is 19.6 Å². The van der Waals surface area contributed by atoms with Crippen molar-refractivity contribution in [1.29, 1.82) is 0 Å². The van der Waals surface area contributed by atoms with Gasteiger partial charge in [0.25, 0.3) is 0 Å². The largest absolute Gasteiger partial charge is 0.305 e. The van der Waals surface area contributed by atoms with Gasteiger partial charge in [-0.25, -0.2) is 0 Å². The van der Waals surface area contributed by atoms with E-state index in [1.807, 2.05) is 36.5 Å². The van der Waals surface area contributed by atoms with E-state index < -0.39 is 8.07 Å². The summed E-state index contributed by atoms with van der Waals surface area (Å²) in [6, 6.07) is 38.0. The first kappa shape index (κ1) is 33.3. The van der Waals surface area contributed by atoms with Crippen molar-refractivity contribution in [2.24, 2.45) is 0 Å². The molecule has 0 saturated carbocycles. The predicted molar refractivity (Wildman–Crippen MR) is 177 cm³/mol. The van der Waals surface area contributed by atoms with Gasteiger partial charge >= 0.3 is 0 Å². The normalized spacial score (nSPS) is 11.4. The second-order valence-corrected chi connectivity index (χ2v) is 17.6. The van der Waals surface area contributed by atoms with E-state index in [4.69, 9.17) is 4.98 Å². The molecule has 0 N–H and O–H groups in total. The number of aromatic nitrogens is 2.